The first-order valence-electron chi connectivity index (χ1n) is 6.68. The van der Waals surface area contributed by atoms with Crippen LogP contribution in [0, 0.1) is 5.41 Å². The molecule has 3 unspecified atom stereocenters. The number of hydrogen-bond donors (Lipinski definition) is 0. The van der Waals surface area contributed by atoms with E-state index < -0.39 is 0 Å². The highest BCUT2D eigenvalue weighted by atomic mass is 79.9. The Morgan fingerprint density at radius 3 is 2.62 bits per heavy atom. The van der Waals surface area contributed by atoms with Crippen molar-refractivity contribution in [2.24, 2.45) is 5.41 Å². The first-order valence-corrected chi connectivity index (χ1v) is 7.60. The summed E-state index contributed by atoms with van der Waals surface area (Å²) in [5.41, 5.74) is 0.473. The summed E-state index contributed by atoms with van der Waals surface area (Å²) in [5, 5.41) is 0. The van der Waals surface area contributed by atoms with Crippen molar-refractivity contribution in [2.75, 3.05) is 13.2 Å². The van der Waals surface area contributed by atoms with Crippen molar-refractivity contribution in [2.45, 2.75) is 62.0 Å². The summed E-state index contributed by atoms with van der Waals surface area (Å²) in [4.78, 5) is 0.702. The van der Waals surface area contributed by atoms with Crippen molar-refractivity contribution in [3.63, 3.8) is 0 Å². The van der Waals surface area contributed by atoms with Gasteiger partial charge in [0.1, 0.15) is 0 Å². The molecule has 1 spiro atoms. The third kappa shape index (κ3) is 1.85. The van der Waals surface area contributed by atoms with Crippen molar-refractivity contribution in [3.05, 3.63) is 0 Å². The molecule has 3 rings (SSSR count). The fourth-order valence-electron chi connectivity index (χ4n) is 3.59. The molecule has 3 heteroatoms. The molecule has 1 saturated heterocycles. The Morgan fingerprint density at radius 2 is 2.00 bits per heavy atom. The minimum absolute atomic E-state index is 0.379. The van der Waals surface area contributed by atoms with E-state index in [9.17, 15) is 0 Å². The molecule has 2 nitrogen and oxygen atoms in total. The molecule has 0 N–H and O–H groups in total. The van der Waals surface area contributed by atoms with Gasteiger partial charge in [-0.15, -0.1) is 0 Å². The third-order valence-electron chi connectivity index (χ3n) is 4.72. The van der Waals surface area contributed by atoms with E-state index in [0.29, 0.717) is 22.5 Å². The number of rotatable bonds is 2. The molecule has 0 amide bonds. The average Bonchev–Trinajstić information content (AvgIpc) is 2.83. The first-order chi connectivity index (χ1) is 7.81. The summed E-state index contributed by atoms with van der Waals surface area (Å²) in [6.45, 7) is 1.71. The van der Waals surface area contributed by atoms with Gasteiger partial charge in [0.25, 0.3) is 0 Å². The summed E-state index contributed by atoms with van der Waals surface area (Å²) < 4.78 is 11.6. The van der Waals surface area contributed by atoms with Crippen molar-refractivity contribution >= 4 is 15.9 Å². The van der Waals surface area contributed by atoms with Crippen molar-refractivity contribution in [1.29, 1.82) is 0 Å². The van der Waals surface area contributed by atoms with Crippen LogP contribution in [0.25, 0.3) is 0 Å². The summed E-state index contributed by atoms with van der Waals surface area (Å²) >= 11 is 3.86. The molecule has 3 atom stereocenters. The largest absolute Gasteiger partial charge is 0.379 e. The Balaban J connectivity index is 1.62. The van der Waals surface area contributed by atoms with E-state index in [4.69, 9.17) is 9.47 Å². The number of halogens is 1. The number of hydrogen-bond acceptors (Lipinski definition) is 2. The Labute approximate surface area is 106 Å². The van der Waals surface area contributed by atoms with Crippen molar-refractivity contribution in [1.82, 2.24) is 0 Å². The van der Waals surface area contributed by atoms with Gasteiger partial charge in [-0.1, -0.05) is 35.2 Å². The van der Waals surface area contributed by atoms with Crippen LogP contribution in [0.2, 0.25) is 0 Å². The molecule has 0 aromatic rings. The second-order valence-corrected chi connectivity index (χ2v) is 6.71. The number of alkyl halides is 1. The lowest BCUT2D eigenvalue weighted by Gasteiger charge is -2.56. The first kappa shape index (κ1) is 11.5. The molecule has 1 aliphatic heterocycles. The zero-order valence-corrected chi connectivity index (χ0v) is 11.4. The van der Waals surface area contributed by atoms with Crippen molar-refractivity contribution in [3.8, 4) is 0 Å². The Hall–Kier alpha value is 0.400. The fourth-order valence-corrected chi connectivity index (χ4v) is 4.68. The molecule has 0 aromatic heterocycles. The van der Waals surface area contributed by atoms with Crippen LogP contribution >= 0.6 is 15.9 Å². The highest BCUT2D eigenvalue weighted by molar-refractivity contribution is 9.09. The zero-order valence-electron chi connectivity index (χ0n) is 9.79. The Morgan fingerprint density at radius 1 is 1.19 bits per heavy atom. The molecule has 16 heavy (non-hydrogen) atoms. The van der Waals surface area contributed by atoms with E-state index in [1.54, 1.807) is 0 Å². The van der Waals surface area contributed by atoms with E-state index in [1.165, 1.54) is 38.5 Å². The van der Waals surface area contributed by atoms with E-state index in [0.717, 1.165) is 19.6 Å². The van der Waals surface area contributed by atoms with Crippen molar-refractivity contribution < 1.29 is 9.47 Å². The standard InChI is InChI=1S/C13H21BrO2/c14-11-8-12(16-10-4-7-15-9-10)13(11)5-2-1-3-6-13/h10-12H,1-9H2. The summed E-state index contributed by atoms with van der Waals surface area (Å²) in [6.07, 6.45) is 10.1. The minimum atomic E-state index is 0.379. The fraction of sp³-hybridized carbons (Fsp3) is 1.00. The lowest BCUT2D eigenvalue weighted by molar-refractivity contribution is -0.148. The maximum absolute atomic E-state index is 6.26. The summed E-state index contributed by atoms with van der Waals surface area (Å²) in [5.74, 6) is 0. The molecule has 2 aliphatic carbocycles. The molecule has 3 fully saturated rings. The molecule has 92 valence electrons. The van der Waals surface area contributed by atoms with Gasteiger partial charge in [0.15, 0.2) is 0 Å². The predicted molar refractivity (Wildman–Crippen MR) is 66.9 cm³/mol. The zero-order chi connectivity index (χ0) is 11.0. The van der Waals surface area contributed by atoms with Crippen LogP contribution in [-0.4, -0.2) is 30.2 Å². The van der Waals surface area contributed by atoms with E-state index in [-0.39, 0.29) is 0 Å². The topological polar surface area (TPSA) is 18.5 Å². The summed E-state index contributed by atoms with van der Waals surface area (Å²) in [7, 11) is 0. The van der Waals surface area contributed by atoms with Crippen LogP contribution in [0.1, 0.15) is 44.9 Å². The highest BCUT2D eigenvalue weighted by Gasteiger charge is 2.55. The van der Waals surface area contributed by atoms with Gasteiger partial charge in [0.05, 0.1) is 18.8 Å². The molecule has 1 heterocycles. The average molecular weight is 289 g/mol. The molecule has 0 bridgehead atoms. The van der Waals surface area contributed by atoms with Crippen LogP contribution in [0.5, 0.6) is 0 Å². The predicted octanol–water partition coefficient (Wildman–Crippen LogP) is 3.28. The monoisotopic (exact) mass is 288 g/mol. The quantitative estimate of drug-likeness (QED) is 0.726. The van der Waals surface area contributed by atoms with E-state index in [2.05, 4.69) is 15.9 Å². The van der Waals surface area contributed by atoms with E-state index in [1.807, 2.05) is 0 Å². The van der Waals surface area contributed by atoms with Gasteiger partial charge in [-0.3, -0.25) is 0 Å². The van der Waals surface area contributed by atoms with E-state index >= 15 is 0 Å². The normalized spacial score (nSPS) is 42.2. The lowest BCUT2D eigenvalue weighted by Crippen LogP contribution is -2.57. The maximum atomic E-state index is 6.26. The van der Waals surface area contributed by atoms with Gasteiger partial charge in [0.2, 0.25) is 0 Å². The van der Waals surface area contributed by atoms with Crippen LogP contribution in [0.15, 0.2) is 0 Å². The second kappa shape index (κ2) is 4.58. The van der Waals surface area contributed by atoms with Crippen LogP contribution < -0.4 is 0 Å². The highest BCUT2D eigenvalue weighted by Crippen LogP contribution is 2.56. The van der Waals surface area contributed by atoms with Gasteiger partial charge in [-0.2, -0.15) is 0 Å². The van der Waals surface area contributed by atoms with Crippen LogP contribution in [-0.2, 0) is 9.47 Å². The molecule has 2 saturated carbocycles. The number of ether oxygens (including phenoxy) is 2. The van der Waals surface area contributed by atoms with Gasteiger partial charge in [0, 0.05) is 16.8 Å². The van der Waals surface area contributed by atoms with Gasteiger partial charge < -0.3 is 9.47 Å². The second-order valence-electron chi connectivity index (χ2n) is 5.61. The Kier molecular flexibility index (Phi) is 3.29. The Bertz CT molecular complexity index is 244. The smallest absolute Gasteiger partial charge is 0.0834 e. The SMILES string of the molecule is BrC1CC(OC2CCOC2)C12CCCCC2. The van der Waals surface area contributed by atoms with Gasteiger partial charge >= 0.3 is 0 Å². The third-order valence-corrected chi connectivity index (χ3v) is 6.00. The molecule has 3 aliphatic rings. The van der Waals surface area contributed by atoms with Gasteiger partial charge in [-0.25, -0.2) is 0 Å². The molecule has 0 aromatic carbocycles. The minimum Gasteiger partial charge on any atom is -0.379 e. The molecular weight excluding hydrogens is 268 g/mol. The summed E-state index contributed by atoms with van der Waals surface area (Å²) in [6, 6.07) is 0. The molecule has 0 radical (unpaired) electrons. The molecular formula is C13H21BrO2. The van der Waals surface area contributed by atoms with Crippen LogP contribution in [0.4, 0.5) is 0 Å². The van der Waals surface area contributed by atoms with Crippen LogP contribution in [0.3, 0.4) is 0 Å². The van der Waals surface area contributed by atoms with Gasteiger partial charge in [-0.05, 0) is 25.7 Å². The lowest BCUT2D eigenvalue weighted by atomic mass is 9.58. The maximum Gasteiger partial charge on any atom is 0.0834 e.